The molecular weight excluding hydrogens is 234 g/mol. The Bertz CT molecular complexity index is 552. The van der Waals surface area contributed by atoms with E-state index in [-0.39, 0.29) is 5.97 Å². The first-order valence-electron chi connectivity index (χ1n) is 5.34. The van der Waals surface area contributed by atoms with Crippen molar-refractivity contribution in [1.82, 2.24) is 20.2 Å². The first-order valence-corrected chi connectivity index (χ1v) is 5.34. The van der Waals surface area contributed by atoms with Gasteiger partial charge < -0.3 is 10.1 Å². The van der Waals surface area contributed by atoms with Crippen LogP contribution in [0.1, 0.15) is 16.2 Å². The van der Waals surface area contributed by atoms with Gasteiger partial charge in [0.15, 0.2) is 5.82 Å². The zero-order valence-electron chi connectivity index (χ0n) is 10.1. The molecule has 1 N–H and O–H groups in total. The molecule has 0 spiro atoms. The molecule has 1 aromatic heterocycles. The molecule has 7 nitrogen and oxygen atoms in total. The summed E-state index contributed by atoms with van der Waals surface area (Å²) in [7, 11) is 3.06. The van der Waals surface area contributed by atoms with Crippen LogP contribution in [0.4, 0.5) is 5.69 Å². The second kappa shape index (κ2) is 5.26. The Hall–Kier alpha value is -2.44. The molecule has 1 heterocycles. The van der Waals surface area contributed by atoms with Crippen LogP contribution in [-0.4, -0.2) is 33.3 Å². The highest BCUT2D eigenvalue weighted by Crippen LogP contribution is 2.12. The molecule has 0 atom stereocenters. The Labute approximate surface area is 104 Å². The van der Waals surface area contributed by atoms with E-state index < -0.39 is 0 Å². The zero-order valence-corrected chi connectivity index (χ0v) is 10.1. The van der Waals surface area contributed by atoms with Crippen molar-refractivity contribution in [3.05, 3.63) is 35.7 Å². The predicted octanol–water partition coefficient (Wildman–Crippen LogP) is 0.609. The maximum Gasteiger partial charge on any atom is 0.337 e. The summed E-state index contributed by atoms with van der Waals surface area (Å²) in [6, 6.07) is 7.03. The van der Waals surface area contributed by atoms with Gasteiger partial charge in [-0.1, -0.05) is 6.07 Å². The number of hydrogen-bond donors (Lipinski definition) is 1. The number of esters is 1. The fourth-order valence-corrected chi connectivity index (χ4v) is 1.45. The lowest BCUT2D eigenvalue weighted by Crippen LogP contribution is -2.05. The number of ether oxygens (including phenoxy) is 1. The highest BCUT2D eigenvalue weighted by molar-refractivity contribution is 5.90. The van der Waals surface area contributed by atoms with Gasteiger partial charge in [0.05, 0.1) is 26.3 Å². The Morgan fingerprint density at radius 2 is 2.33 bits per heavy atom. The molecule has 0 aliphatic carbocycles. The van der Waals surface area contributed by atoms with Crippen molar-refractivity contribution in [1.29, 1.82) is 0 Å². The van der Waals surface area contributed by atoms with E-state index in [2.05, 4.69) is 25.5 Å². The number of anilines is 1. The van der Waals surface area contributed by atoms with Crippen molar-refractivity contribution >= 4 is 11.7 Å². The Morgan fingerprint density at radius 3 is 3.00 bits per heavy atom. The van der Waals surface area contributed by atoms with Crippen LogP contribution in [0, 0.1) is 0 Å². The van der Waals surface area contributed by atoms with Crippen LogP contribution >= 0.6 is 0 Å². The van der Waals surface area contributed by atoms with Crippen LogP contribution in [0.3, 0.4) is 0 Å². The number of benzene rings is 1. The van der Waals surface area contributed by atoms with Crippen molar-refractivity contribution in [3.8, 4) is 0 Å². The largest absolute Gasteiger partial charge is 0.465 e. The number of hydrogen-bond acceptors (Lipinski definition) is 6. The number of rotatable bonds is 4. The van der Waals surface area contributed by atoms with E-state index in [0.717, 1.165) is 5.69 Å². The molecule has 0 bridgehead atoms. The number of methoxy groups -OCH3 is 1. The molecule has 7 heteroatoms. The number of aryl methyl sites for hydroxylation is 1. The van der Waals surface area contributed by atoms with Gasteiger partial charge in [0, 0.05) is 5.69 Å². The second-order valence-electron chi connectivity index (χ2n) is 3.62. The molecule has 0 aliphatic rings. The van der Waals surface area contributed by atoms with E-state index in [1.54, 1.807) is 25.2 Å². The van der Waals surface area contributed by atoms with E-state index in [1.165, 1.54) is 11.9 Å². The normalized spacial score (nSPS) is 10.1. The summed E-state index contributed by atoms with van der Waals surface area (Å²) in [5.74, 6) is 0.220. The lowest BCUT2D eigenvalue weighted by molar-refractivity contribution is 0.0601. The van der Waals surface area contributed by atoms with Gasteiger partial charge in [-0.2, -0.15) is 4.80 Å². The number of tetrazole rings is 1. The van der Waals surface area contributed by atoms with Gasteiger partial charge in [0.25, 0.3) is 0 Å². The van der Waals surface area contributed by atoms with Gasteiger partial charge in [-0.05, 0) is 23.4 Å². The lowest BCUT2D eigenvalue weighted by atomic mass is 10.2. The number of aromatic nitrogens is 4. The van der Waals surface area contributed by atoms with E-state index in [0.29, 0.717) is 17.9 Å². The third kappa shape index (κ3) is 2.82. The SMILES string of the molecule is COC(=O)c1cccc(NCc2nnn(C)n2)c1. The molecule has 0 amide bonds. The van der Waals surface area contributed by atoms with Crippen molar-refractivity contribution in [3.63, 3.8) is 0 Å². The summed E-state index contributed by atoms with van der Waals surface area (Å²) in [5, 5.41) is 14.7. The quantitative estimate of drug-likeness (QED) is 0.797. The second-order valence-corrected chi connectivity index (χ2v) is 3.62. The Morgan fingerprint density at radius 1 is 1.50 bits per heavy atom. The molecule has 0 aliphatic heterocycles. The summed E-state index contributed by atoms with van der Waals surface area (Å²) < 4.78 is 4.65. The van der Waals surface area contributed by atoms with Crippen LogP contribution in [0.5, 0.6) is 0 Å². The highest BCUT2D eigenvalue weighted by atomic mass is 16.5. The molecule has 0 unspecified atom stereocenters. The van der Waals surface area contributed by atoms with Crippen LogP contribution in [0.2, 0.25) is 0 Å². The summed E-state index contributed by atoms with van der Waals surface area (Å²) in [6.45, 7) is 0.443. The fourth-order valence-electron chi connectivity index (χ4n) is 1.45. The van der Waals surface area contributed by atoms with E-state index in [9.17, 15) is 4.79 Å². The van der Waals surface area contributed by atoms with E-state index >= 15 is 0 Å². The average molecular weight is 247 g/mol. The molecule has 0 fully saturated rings. The Kier molecular flexibility index (Phi) is 3.52. The molecule has 0 saturated carbocycles. The minimum atomic E-state index is -0.365. The van der Waals surface area contributed by atoms with Gasteiger partial charge in [-0.15, -0.1) is 10.2 Å². The molecule has 94 valence electrons. The molecule has 2 rings (SSSR count). The number of carbonyl (C=O) groups is 1. The minimum Gasteiger partial charge on any atom is -0.465 e. The topological polar surface area (TPSA) is 81.9 Å². The van der Waals surface area contributed by atoms with Crippen molar-refractivity contribution in [2.45, 2.75) is 6.54 Å². The predicted molar refractivity (Wildman–Crippen MR) is 63.9 cm³/mol. The highest BCUT2D eigenvalue weighted by Gasteiger charge is 2.06. The smallest absolute Gasteiger partial charge is 0.337 e. The monoisotopic (exact) mass is 247 g/mol. The van der Waals surface area contributed by atoms with Crippen LogP contribution < -0.4 is 5.32 Å². The maximum atomic E-state index is 11.4. The first-order chi connectivity index (χ1) is 8.69. The minimum absolute atomic E-state index is 0.365. The van der Waals surface area contributed by atoms with Gasteiger partial charge >= 0.3 is 5.97 Å². The average Bonchev–Trinajstić information content (AvgIpc) is 2.81. The van der Waals surface area contributed by atoms with Gasteiger partial charge in [-0.25, -0.2) is 4.79 Å². The van der Waals surface area contributed by atoms with Gasteiger partial charge in [-0.3, -0.25) is 0 Å². The lowest BCUT2D eigenvalue weighted by Gasteiger charge is -2.05. The summed E-state index contributed by atoms with van der Waals surface area (Å²) in [6.07, 6.45) is 0. The van der Waals surface area contributed by atoms with Crippen molar-refractivity contribution in [2.24, 2.45) is 7.05 Å². The molecular formula is C11H13N5O2. The van der Waals surface area contributed by atoms with Crippen molar-refractivity contribution < 1.29 is 9.53 Å². The number of carbonyl (C=O) groups excluding carboxylic acids is 1. The first kappa shape index (κ1) is 12.0. The molecule has 0 radical (unpaired) electrons. The van der Waals surface area contributed by atoms with Crippen LogP contribution in [0.25, 0.3) is 0 Å². The maximum absolute atomic E-state index is 11.4. The zero-order chi connectivity index (χ0) is 13.0. The third-order valence-corrected chi connectivity index (χ3v) is 2.28. The van der Waals surface area contributed by atoms with Gasteiger partial charge in [0.2, 0.25) is 0 Å². The van der Waals surface area contributed by atoms with Crippen LogP contribution in [0.15, 0.2) is 24.3 Å². The molecule has 2 aromatic rings. The summed E-state index contributed by atoms with van der Waals surface area (Å²) in [5.41, 5.74) is 1.29. The van der Waals surface area contributed by atoms with Crippen molar-refractivity contribution in [2.75, 3.05) is 12.4 Å². The Balaban J connectivity index is 2.03. The molecule has 1 aromatic carbocycles. The van der Waals surface area contributed by atoms with Gasteiger partial charge in [0.1, 0.15) is 0 Å². The number of nitrogens with one attached hydrogen (secondary N) is 1. The van der Waals surface area contributed by atoms with E-state index in [1.807, 2.05) is 6.07 Å². The standard InChI is InChI=1S/C11H13N5O2/c1-16-14-10(13-15-16)7-12-9-5-3-4-8(6-9)11(17)18-2/h3-6,12H,7H2,1-2H3. The molecule has 0 saturated heterocycles. The summed E-state index contributed by atoms with van der Waals surface area (Å²) in [4.78, 5) is 12.7. The molecule has 18 heavy (non-hydrogen) atoms. The number of nitrogens with zero attached hydrogens (tertiary/aromatic N) is 4. The fraction of sp³-hybridized carbons (Fsp3) is 0.273. The third-order valence-electron chi connectivity index (χ3n) is 2.28. The van der Waals surface area contributed by atoms with E-state index in [4.69, 9.17) is 0 Å². The summed E-state index contributed by atoms with van der Waals surface area (Å²) >= 11 is 0. The van der Waals surface area contributed by atoms with Crippen LogP contribution in [-0.2, 0) is 18.3 Å².